The van der Waals surface area contributed by atoms with E-state index < -0.39 is 0 Å². The molecule has 86 valence electrons. The Bertz CT molecular complexity index is 132. The summed E-state index contributed by atoms with van der Waals surface area (Å²) in [6, 6.07) is 1.30. The van der Waals surface area contributed by atoms with Crippen molar-refractivity contribution < 1.29 is 0 Å². The van der Waals surface area contributed by atoms with Crippen molar-refractivity contribution in [2.24, 2.45) is 5.92 Å². The van der Waals surface area contributed by atoms with Gasteiger partial charge in [0.2, 0.25) is 0 Å². The fourth-order valence-electron chi connectivity index (χ4n) is 1.43. The highest BCUT2D eigenvalue weighted by atomic mass is 15.1. The minimum Gasteiger partial charge on any atom is -0.314 e. The van der Waals surface area contributed by atoms with Crippen molar-refractivity contribution in [2.45, 2.75) is 53.1 Å². The van der Waals surface area contributed by atoms with Crippen LogP contribution in [0.2, 0.25) is 0 Å². The molecule has 0 bridgehead atoms. The summed E-state index contributed by atoms with van der Waals surface area (Å²) in [6.07, 6.45) is 1.24. The Hall–Kier alpha value is -0.0800. The van der Waals surface area contributed by atoms with Crippen molar-refractivity contribution in [1.82, 2.24) is 10.2 Å². The lowest BCUT2D eigenvalue weighted by molar-refractivity contribution is 0.205. The molecule has 0 radical (unpaired) electrons. The Morgan fingerprint density at radius 2 is 1.64 bits per heavy atom. The summed E-state index contributed by atoms with van der Waals surface area (Å²) in [7, 11) is 2.22. The predicted molar refractivity (Wildman–Crippen MR) is 64.7 cm³/mol. The Morgan fingerprint density at radius 3 is 2.07 bits per heavy atom. The quantitative estimate of drug-likeness (QED) is 0.635. The molecule has 0 aromatic rings. The van der Waals surface area contributed by atoms with Gasteiger partial charge in [-0.2, -0.15) is 0 Å². The zero-order valence-electron chi connectivity index (χ0n) is 10.8. The van der Waals surface area contributed by atoms with E-state index in [1.165, 1.54) is 13.0 Å². The molecule has 1 N–H and O–H groups in total. The minimum absolute atomic E-state index is 0.614. The molecule has 0 aliphatic carbocycles. The normalized spacial score (nSPS) is 14.4. The van der Waals surface area contributed by atoms with E-state index in [4.69, 9.17) is 0 Å². The number of hydrogen-bond acceptors (Lipinski definition) is 2. The second-order valence-corrected chi connectivity index (χ2v) is 4.93. The molecular weight excluding hydrogens is 172 g/mol. The van der Waals surface area contributed by atoms with Crippen LogP contribution in [0.25, 0.3) is 0 Å². The molecule has 0 aromatic carbocycles. The van der Waals surface area contributed by atoms with E-state index in [9.17, 15) is 0 Å². The van der Waals surface area contributed by atoms with E-state index in [0.717, 1.165) is 12.5 Å². The maximum atomic E-state index is 3.44. The maximum Gasteiger partial charge on any atom is 0.00868 e. The summed E-state index contributed by atoms with van der Waals surface area (Å²) in [5.41, 5.74) is 0. The fraction of sp³-hybridized carbons (Fsp3) is 1.00. The van der Waals surface area contributed by atoms with E-state index in [2.05, 4.69) is 51.9 Å². The molecule has 0 spiro atoms. The Morgan fingerprint density at radius 1 is 1.07 bits per heavy atom. The van der Waals surface area contributed by atoms with Crippen molar-refractivity contribution in [3.8, 4) is 0 Å². The Balaban J connectivity index is 3.48. The van der Waals surface area contributed by atoms with Crippen molar-refractivity contribution in [1.29, 1.82) is 0 Å². The van der Waals surface area contributed by atoms with Gasteiger partial charge in [-0.25, -0.2) is 0 Å². The van der Waals surface area contributed by atoms with Crippen molar-refractivity contribution >= 4 is 0 Å². The van der Waals surface area contributed by atoms with Crippen molar-refractivity contribution in [2.75, 3.05) is 20.1 Å². The molecule has 0 aromatic heterocycles. The smallest absolute Gasteiger partial charge is 0.00868 e. The number of nitrogens with zero attached hydrogens (tertiary/aromatic N) is 1. The van der Waals surface area contributed by atoms with E-state index in [0.29, 0.717) is 12.1 Å². The lowest BCUT2D eigenvalue weighted by Gasteiger charge is -2.27. The molecule has 0 amide bonds. The van der Waals surface area contributed by atoms with Crippen molar-refractivity contribution in [3.05, 3.63) is 0 Å². The van der Waals surface area contributed by atoms with Crippen LogP contribution in [0.15, 0.2) is 0 Å². The molecule has 0 saturated heterocycles. The van der Waals surface area contributed by atoms with E-state index in [1.807, 2.05) is 0 Å². The molecular formula is C12H28N2. The first-order valence-corrected chi connectivity index (χ1v) is 5.88. The number of rotatable bonds is 7. The third-order valence-electron chi connectivity index (χ3n) is 2.90. The summed E-state index contributed by atoms with van der Waals surface area (Å²) in [5, 5.41) is 3.44. The maximum absolute atomic E-state index is 3.44. The topological polar surface area (TPSA) is 15.3 Å². The molecule has 1 atom stereocenters. The summed E-state index contributed by atoms with van der Waals surface area (Å²) in [5.74, 6) is 0.748. The first kappa shape index (κ1) is 13.9. The van der Waals surface area contributed by atoms with Crippen LogP contribution in [0, 0.1) is 5.92 Å². The van der Waals surface area contributed by atoms with E-state index >= 15 is 0 Å². The van der Waals surface area contributed by atoms with Crippen LogP contribution < -0.4 is 5.32 Å². The monoisotopic (exact) mass is 200 g/mol. The van der Waals surface area contributed by atoms with E-state index in [-0.39, 0.29) is 0 Å². The molecule has 0 rings (SSSR count). The third-order valence-corrected chi connectivity index (χ3v) is 2.90. The van der Waals surface area contributed by atoms with Crippen LogP contribution in [-0.4, -0.2) is 37.1 Å². The van der Waals surface area contributed by atoms with Gasteiger partial charge in [0, 0.05) is 12.1 Å². The predicted octanol–water partition coefficient (Wildman–Crippen LogP) is 2.35. The van der Waals surface area contributed by atoms with Gasteiger partial charge in [0.25, 0.3) is 0 Å². The van der Waals surface area contributed by atoms with Gasteiger partial charge in [-0.15, -0.1) is 0 Å². The molecule has 0 fully saturated rings. The second kappa shape index (κ2) is 7.24. The minimum atomic E-state index is 0.614. The standard InChI is InChI=1S/C12H28N2/c1-10(2)12(5)14(6)9-7-8-13-11(3)4/h10-13H,7-9H2,1-6H3. The van der Waals surface area contributed by atoms with Gasteiger partial charge in [-0.05, 0) is 39.4 Å². The van der Waals surface area contributed by atoms with Gasteiger partial charge in [0.05, 0.1) is 0 Å². The van der Waals surface area contributed by atoms with E-state index in [1.54, 1.807) is 0 Å². The number of nitrogens with one attached hydrogen (secondary N) is 1. The zero-order chi connectivity index (χ0) is 11.1. The third kappa shape index (κ3) is 6.39. The highest BCUT2D eigenvalue weighted by Gasteiger charge is 2.11. The molecule has 0 aliphatic rings. The summed E-state index contributed by atoms with van der Waals surface area (Å²) >= 11 is 0. The first-order chi connectivity index (χ1) is 6.45. The van der Waals surface area contributed by atoms with Crippen LogP contribution in [0.1, 0.15) is 41.0 Å². The Kier molecular flexibility index (Phi) is 7.20. The SMILES string of the molecule is CC(C)NCCCN(C)C(C)C(C)C. The molecule has 0 saturated carbocycles. The first-order valence-electron chi connectivity index (χ1n) is 5.88. The second-order valence-electron chi connectivity index (χ2n) is 4.93. The summed E-state index contributed by atoms with van der Waals surface area (Å²) < 4.78 is 0. The van der Waals surface area contributed by atoms with Crippen LogP contribution in [0.3, 0.4) is 0 Å². The van der Waals surface area contributed by atoms with Crippen molar-refractivity contribution in [3.63, 3.8) is 0 Å². The Labute approximate surface area is 90.1 Å². The molecule has 2 nitrogen and oxygen atoms in total. The average molecular weight is 200 g/mol. The van der Waals surface area contributed by atoms with Gasteiger partial charge in [-0.1, -0.05) is 27.7 Å². The van der Waals surface area contributed by atoms with Gasteiger partial charge < -0.3 is 10.2 Å². The lowest BCUT2D eigenvalue weighted by atomic mass is 10.1. The molecule has 1 unspecified atom stereocenters. The molecule has 0 aliphatic heterocycles. The van der Waals surface area contributed by atoms with Crippen LogP contribution >= 0.6 is 0 Å². The largest absolute Gasteiger partial charge is 0.314 e. The molecule has 2 heteroatoms. The van der Waals surface area contributed by atoms with Gasteiger partial charge in [-0.3, -0.25) is 0 Å². The molecule has 14 heavy (non-hydrogen) atoms. The van der Waals surface area contributed by atoms with Crippen LogP contribution in [0.4, 0.5) is 0 Å². The van der Waals surface area contributed by atoms with Gasteiger partial charge >= 0.3 is 0 Å². The summed E-state index contributed by atoms with van der Waals surface area (Å²) in [4.78, 5) is 2.45. The molecule has 0 heterocycles. The number of hydrogen-bond donors (Lipinski definition) is 1. The lowest BCUT2D eigenvalue weighted by Crippen LogP contribution is -2.35. The van der Waals surface area contributed by atoms with Crippen LogP contribution in [-0.2, 0) is 0 Å². The van der Waals surface area contributed by atoms with Gasteiger partial charge in [0.1, 0.15) is 0 Å². The average Bonchev–Trinajstić information content (AvgIpc) is 2.10. The van der Waals surface area contributed by atoms with Gasteiger partial charge in [0.15, 0.2) is 0 Å². The highest BCUT2D eigenvalue weighted by Crippen LogP contribution is 2.07. The highest BCUT2D eigenvalue weighted by molar-refractivity contribution is 4.67. The zero-order valence-corrected chi connectivity index (χ0v) is 10.8. The van der Waals surface area contributed by atoms with Crippen LogP contribution in [0.5, 0.6) is 0 Å². The fourth-order valence-corrected chi connectivity index (χ4v) is 1.43. The summed E-state index contributed by atoms with van der Waals surface area (Å²) in [6.45, 7) is 13.6.